The van der Waals surface area contributed by atoms with Crippen LogP contribution in [-0.2, 0) is 9.53 Å². The van der Waals surface area contributed by atoms with E-state index in [4.69, 9.17) is 5.41 Å². The predicted molar refractivity (Wildman–Crippen MR) is 34.6 cm³/mol. The Balaban J connectivity index is 4.14. The van der Waals surface area contributed by atoms with Crippen LogP contribution in [0.25, 0.3) is 0 Å². The lowest BCUT2D eigenvalue weighted by atomic mass is 10.3. The zero-order valence-electron chi connectivity index (χ0n) is 5.47. The first-order valence-corrected chi connectivity index (χ1v) is 2.51. The summed E-state index contributed by atoms with van der Waals surface area (Å²) in [6.45, 7) is 1.68. The van der Waals surface area contributed by atoms with Crippen molar-refractivity contribution in [3.63, 3.8) is 0 Å². The first-order valence-electron chi connectivity index (χ1n) is 2.51. The lowest BCUT2D eigenvalue weighted by Crippen LogP contribution is -2.04. The zero-order chi connectivity index (χ0) is 7.28. The Morgan fingerprint density at radius 2 is 2.22 bits per heavy atom. The molecule has 0 aliphatic rings. The molecule has 0 saturated carbocycles. The third-order valence-electron chi connectivity index (χ3n) is 0.888. The van der Waals surface area contributed by atoms with Gasteiger partial charge in [-0.3, -0.25) is 0 Å². The molecule has 0 radical (unpaired) electrons. The lowest BCUT2D eigenvalue weighted by Gasteiger charge is -1.94. The number of methoxy groups -OCH3 is 1. The second-order valence-corrected chi connectivity index (χ2v) is 1.38. The van der Waals surface area contributed by atoms with Gasteiger partial charge in [0.2, 0.25) is 0 Å². The third kappa shape index (κ3) is 2.08. The topological polar surface area (TPSA) is 50.2 Å². The molecular formula is C6H9NO2. The molecule has 1 N–H and O–H groups in total. The fourth-order valence-corrected chi connectivity index (χ4v) is 0.378. The van der Waals surface area contributed by atoms with E-state index in [1.54, 1.807) is 6.92 Å². The van der Waals surface area contributed by atoms with E-state index in [-0.39, 0.29) is 5.57 Å². The molecule has 0 aliphatic carbocycles. The maximum Gasteiger partial charge on any atom is 0.339 e. The van der Waals surface area contributed by atoms with Gasteiger partial charge in [-0.1, -0.05) is 6.08 Å². The monoisotopic (exact) mass is 127 g/mol. The lowest BCUT2D eigenvalue weighted by molar-refractivity contribution is -0.135. The van der Waals surface area contributed by atoms with Crippen molar-refractivity contribution >= 4 is 12.2 Å². The van der Waals surface area contributed by atoms with Gasteiger partial charge >= 0.3 is 5.97 Å². The molecule has 0 bridgehead atoms. The molecule has 0 atom stereocenters. The van der Waals surface area contributed by atoms with Crippen LogP contribution < -0.4 is 0 Å². The van der Waals surface area contributed by atoms with Crippen molar-refractivity contribution in [1.82, 2.24) is 0 Å². The molecule has 9 heavy (non-hydrogen) atoms. The second kappa shape index (κ2) is 3.83. The van der Waals surface area contributed by atoms with Gasteiger partial charge in [-0.25, -0.2) is 4.79 Å². The molecule has 0 aromatic heterocycles. The highest BCUT2D eigenvalue weighted by molar-refractivity contribution is 6.08. The molecular weight excluding hydrogens is 118 g/mol. The van der Waals surface area contributed by atoms with E-state index in [2.05, 4.69) is 4.74 Å². The van der Waals surface area contributed by atoms with Crippen molar-refractivity contribution < 1.29 is 9.53 Å². The average molecular weight is 127 g/mol. The Bertz CT molecular complexity index is 149. The quantitative estimate of drug-likeness (QED) is 0.338. The van der Waals surface area contributed by atoms with Crippen LogP contribution in [0.15, 0.2) is 11.6 Å². The van der Waals surface area contributed by atoms with Gasteiger partial charge < -0.3 is 10.1 Å². The van der Waals surface area contributed by atoms with Crippen LogP contribution in [0.3, 0.4) is 0 Å². The average Bonchev–Trinajstić information content (AvgIpc) is 1.90. The number of hydrogen-bond donors (Lipinski definition) is 1. The molecule has 50 valence electrons. The summed E-state index contributed by atoms with van der Waals surface area (Å²) in [6, 6.07) is 0. The van der Waals surface area contributed by atoms with Gasteiger partial charge in [0.1, 0.15) is 0 Å². The van der Waals surface area contributed by atoms with E-state index in [9.17, 15) is 4.79 Å². The Morgan fingerprint density at radius 3 is 2.33 bits per heavy atom. The number of allylic oxidation sites excluding steroid dienone is 1. The van der Waals surface area contributed by atoms with Gasteiger partial charge in [0, 0.05) is 6.21 Å². The van der Waals surface area contributed by atoms with Crippen molar-refractivity contribution in [2.75, 3.05) is 7.11 Å². The van der Waals surface area contributed by atoms with E-state index in [0.717, 1.165) is 6.21 Å². The summed E-state index contributed by atoms with van der Waals surface area (Å²) in [5, 5.41) is 6.70. The molecule has 3 heteroatoms. The number of rotatable bonds is 2. The Hall–Kier alpha value is -1.12. The molecule has 0 aromatic rings. The van der Waals surface area contributed by atoms with Crippen molar-refractivity contribution in [2.45, 2.75) is 6.92 Å². The molecule has 0 spiro atoms. The normalized spacial score (nSPS) is 10.7. The summed E-state index contributed by atoms with van der Waals surface area (Å²) in [4.78, 5) is 10.5. The number of carbonyl (C=O) groups excluding carboxylic acids is 1. The molecule has 0 fully saturated rings. The highest BCUT2D eigenvalue weighted by Gasteiger charge is 2.02. The van der Waals surface area contributed by atoms with Crippen molar-refractivity contribution in [2.24, 2.45) is 0 Å². The SMILES string of the molecule is C/C=C(\C=N)C(=O)OC. The van der Waals surface area contributed by atoms with Crippen LogP contribution in [0.5, 0.6) is 0 Å². The summed E-state index contributed by atoms with van der Waals surface area (Å²) in [5.41, 5.74) is 0.275. The van der Waals surface area contributed by atoms with Crippen molar-refractivity contribution in [1.29, 1.82) is 5.41 Å². The van der Waals surface area contributed by atoms with E-state index in [1.165, 1.54) is 13.2 Å². The molecule has 3 nitrogen and oxygen atoms in total. The Morgan fingerprint density at radius 1 is 1.67 bits per heavy atom. The Kier molecular flexibility index (Phi) is 3.35. The van der Waals surface area contributed by atoms with Gasteiger partial charge in [0.15, 0.2) is 0 Å². The maximum absolute atomic E-state index is 10.5. The second-order valence-electron chi connectivity index (χ2n) is 1.38. The van der Waals surface area contributed by atoms with Gasteiger partial charge in [-0.15, -0.1) is 0 Å². The smallest absolute Gasteiger partial charge is 0.339 e. The minimum Gasteiger partial charge on any atom is -0.465 e. The van der Waals surface area contributed by atoms with E-state index >= 15 is 0 Å². The summed E-state index contributed by atoms with van der Waals surface area (Å²) in [6.07, 6.45) is 2.49. The van der Waals surface area contributed by atoms with Crippen molar-refractivity contribution in [3.8, 4) is 0 Å². The molecule has 0 saturated heterocycles. The molecule has 0 unspecified atom stereocenters. The zero-order valence-corrected chi connectivity index (χ0v) is 5.47. The molecule has 0 rings (SSSR count). The van der Waals surface area contributed by atoms with Crippen LogP contribution in [0.2, 0.25) is 0 Å². The number of nitrogens with one attached hydrogen (secondary N) is 1. The van der Waals surface area contributed by atoms with Crippen LogP contribution in [0.1, 0.15) is 6.92 Å². The summed E-state index contributed by atoms with van der Waals surface area (Å²) in [7, 11) is 1.29. The molecule has 0 aromatic carbocycles. The predicted octanol–water partition coefficient (Wildman–Crippen LogP) is 0.755. The molecule has 0 aliphatic heterocycles. The summed E-state index contributed by atoms with van der Waals surface area (Å²) in [5.74, 6) is -0.465. The summed E-state index contributed by atoms with van der Waals surface area (Å²) >= 11 is 0. The summed E-state index contributed by atoms with van der Waals surface area (Å²) < 4.78 is 4.34. The number of ether oxygens (including phenoxy) is 1. The Labute approximate surface area is 53.8 Å². The van der Waals surface area contributed by atoms with E-state index in [0.29, 0.717) is 0 Å². The maximum atomic E-state index is 10.5. The van der Waals surface area contributed by atoms with Crippen LogP contribution in [0, 0.1) is 5.41 Å². The standard InChI is InChI=1S/C6H9NO2/c1-3-5(4-7)6(8)9-2/h3-4,7H,1-2H3/b5-3+,7-4?. The van der Waals surface area contributed by atoms with Crippen LogP contribution in [0.4, 0.5) is 0 Å². The number of hydrogen-bond acceptors (Lipinski definition) is 3. The first kappa shape index (κ1) is 7.88. The van der Waals surface area contributed by atoms with Crippen LogP contribution in [-0.4, -0.2) is 19.3 Å². The largest absolute Gasteiger partial charge is 0.465 e. The highest BCUT2D eigenvalue weighted by Crippen LogP contribution is 1.90. The first-order chi connectivity index (χ1) is 4.26. The molecule has 0 amide bonds. The minimum atomic E-state index is -0.465. The van der Waals surface area contributed by atoms with E-state index < -0.39 is 5.97 Å². The van der Waals surface area contributed by atoms with Gasteiger partial charge in [-0.2, -0.15) is 0 Å². The van der Waals surface area contributed by atoms with Crippen molar-refractivity contribution in [3.05, 3.63) is 11.6 Å². The minimum absolute atomic E-state index is 0.275. The van der Waals surface area contributed by atoms with Crippen LogP contribution >= 0.6 is 0 Å². The van der Waals surface area contributed by atoms with Gasteiger partial charge in [0.05, 0.1) is 12.7 Å². The third-order valence-corrected chi connectivity index (χ3v) is 0.888. The highest BCUT2D eigenvalue weighted by atomic mass is 16.5. The number of carbonyl (C=O) groups is 1. The van der Waals surface area contributed by atoms with Gasteiger partial charge in [0.25, 0.3) is 0 Å². The van der Waals surface area contributed by atoms with E-state index in [1.807, 2.05) is 0 Å². The van der Waals surface area contributed by atoms with Gasteiger partial charge in [-0.05, 0) is 6.92 Å². The number of esters is 1. The molecule has 0 heterocycles. The fraction of sp³-hybridized carbons (Fsp3) is 0.333. The fourth-order valence-electron chi connectivity index (χ4n) is 0.378.